The number of rotatable bonds is 4. The molecule has 0 saturated carbocycles. The molecule has 0 heterocycles. The molecule has 0 saturated heterocycles. The van der Waals surface area contributed by atoms with Crippen LogP contribution in [0.1, 0.15) is 23.5 Å². The molecule has 0 fully saturated rings. The van der Waals surface area contributed by atoms with Crippen LogP contribution in [0.15, 0.2) is 54.6 Å². The third-order valence-corrected chi connectivity index (χ3v) is 3.25. The standard InChI is InChI=1S/C18H15NO/c1-3-7-17(20)18(14-8-5-4-6-9-14)15-10-12-16(19-2)13-11-15/h1,4-6,8-13,17-18,20H,7H2. The normalized spacial score (nSPS) is 12.9. The molecule has 0 radical (unpaired) electrons. The molecule has 2 unspecified atom stereocenters. The van der Waals surface area contributed by atoms with Crippen molar-refractivity contribution in [3.05, 3.63) is 77.1 Å². The van der Waals surface area contributed by atoms with E-state index in [-0.39, 0.29) is 5.92 Å². The van der Waals surface area contributed by atoms with E-state index in [1.807, 2.05) is 42.5 Å². The van der Waals surface area contributed by atoms with E-state index in [0.29, 0.717) is 12.1 Å². The molecule has 20 heavy (non-hydrogen) atoms. The Bertz CT molecular complexity index is 632. The number of terminal acetylenes is 1. The van der Waals surface area contributed by atoms with E-state index in [4.69, 9.17) is 13.0 Å². The third kappa shape index (κ3) is 3.06. The van der Waals surface area contributed by atoms with Gasteiger partial charge < -0.3 is 5.11 Å². The molecule has 0 amide bonds. The van der Waals surface area contributed by atoms with E-state index in [9.17, 15) is 5.11 Å². The van der Waals surface area contributed by atoms with Crippen molar-refractivity contribution in [1.82, 2.24) is 0 Å². The highest BCUT2D eigenvalue weighted by Gasteiger charge is 2.22. The Labute approximate surface area is 119 Å². The van der Waals surface area contributed by atoms with Crippen LogP contribution < -0.4 is 0 Å². The number of hydrogen-bond donors (Lipinski definition) is 1. The molecule has 2 aromatic rings. The van der Waals surface area contributed by atoms with Gasteiger partial charge in [0, 0.05) is 12.3 Å². The highest BCUT2D eigenvalue weighted by Crippen LogP contribution is 2.30. The largest absolute Gasteiger partial charge is 0.391 e. The first-order valence-electron chi connectivity index (χ1n) is 6.40. The molecule has 0 bridgehead atoms. The summed E-state index contributed by atoms with van der Waals surface area (Å²) >= 11 is 0. The van der Waals surface area contributed by atoms with Gasteiger partial charge in [-0.1, -0.05) is 54.6 Å². The predicted molar refractivity (Wildman–Crippen MR) is 80.4 cm³/mol. The highest BCUT2D eigenvalue weighted by atomic mass is 16.3. The van der Waals surface area contributed by atoms with Crippen molar-refractivity contribution in [2.24, 2.45) is 0 Å². The summed E-state index contributed by atoms with van der Waals surface area (Å²) in [5, 5.41) is 10.3. The Balaban J connectivity index is 2.41. The lowest BCUT2D eigenvalue weighted by atomic mass is 9.85. The first-order chi connectivity index (χ1) is 9.76. The number of nitrogens with zero attached hydrogens (tertiary/aromatic N) is 1. The average molecular weight is 261 g/mol. The molecule has 0 aromatic heterocycles. The predicted octanol–water partition coefficient (Wildman–Crippen LogP) is 3.75. The van der Waals surface area contributed by atoms with E-state index in [2.05, 4.69) is 10.8 Å². The van der Waals surface area contributed by atoms with Gasteiger partial charge in [0.25, 0.3) is 0 Å². The maximum Gasteiger partial charge on any atom is 0.187 e. The number of aliphatic hydroxyl groups is 1. The lowest BCUT2D eigenvalue weighted by Crippen LogP contribution is -2.19. The van der Waals surface area contributed by atoms with Crippen molar-refractivity contribution < 1.29 is 5.11 Å². The summed E-state index contributed by atoms with van der Waals surface area (Å²) in [5.41, 5.74) is 2.57. The van der Waals surface area contributed by atoms with Crippen LogP contribution in [0.4, 0.5) is 5.69 Å². The molecule has 0 aliphatic rings. The zero-order valence-corrected chi connectivity index (χ0v) is 11.0. The van der Waals surface area contributed by atoms with Gasteiger partial charge in [-0.15, -0.1) is 12.3 Å². The molecule has 2 heteroatoms. The Morgan fingerprint density at radius 1 is 1.05 bits per heavy atom. The molecule has 0 spiro atoms. The van der Waals surface area contributed by atoms with Crippen LogP contribution in [-0.2, 0) is 0 Å². The van der Waals surface area contributed by atoms with Crippen LogP contribution in [0.5, 0.6) is 0 Å². The highest BCUT2D eigenvalue weighted by molar-refractivity contribution is 5.47. The van der Waals surface area contributed by atoms with Crippen LogP contribution >= 0.6 is 0 Å². The van der Waals surface area contributed by atoms with Crippen molar-refractivity contribution in [1.29, 1.82) is 0 Å². The SMILES string of the molecule is [C-]#[N+]c1ccc(C(c2ccccc2)C(O)CC#C)cc1. The summed E-state index contributed by atoms with van der Waals surface area (Å²) in [6.45, 7) is 6.99. The lowest BCUT2D eigenvalue weighted by Gasteiger charge is -2.22. The van der Waals surface area contributed by atoms with Gasteiger partial charge in [-0.05, 0) is 11.1 Å². The van der Waals surface area contributed by atoms with Crippen LogP contribution in [0.25, 0.3) is 4.85 Å². The van der Waals surface area contributed by atoms with Crippen molar-refractivity contribution in [2.75, 3.05) is 0 Å². The molecule has 2 rings (SSSR count). The Morgan fingerprint density at radius 3 is 2.20 bits per heavy atom. The van der Waals surface area contributed by atoms with Gasteiger partial charge in [-0.3, -0.25) is 0 Å². The second kappa shape index (κ2) is 6.57. The van der Waals surface area contributed by atoms with Crippen LogP contribution in [0, 0.1) is 18.9 Å². The first-order valence-corrected chi connectivity index (χ1v) is 6.40. The molecule has 2 nitrogen and oxygen atoms in total. The number of hydrogen-bond acceptors (Lipinski definition) is 1. The summed E-state index contributed by atoms with van der Waals surface area (Å²) in [5.74, 6) is 2.34. The molecule has 2 atom stereocenters. The molecule has 1 N–H and O–H groups in total. The maximum absolute atomic E-state index is 10.3. The second-order valence-corrected chi connectivity index (χ2v) is 4.57. The minimum absolute atomic E-state index is 0.174. The smallest absolute Gasteiger partial charge is 0.187 e. The topological polar surface area (TPSA) is 24.6 Å². The van der Waals surface area contributed by atoms with Crippen molar-refractivity contribution in [3.63, 3.8) is 0 Å². The fourth-order valence-electron chi connectivity index (χ4n) is 2.29. The van der Waals surface area contributed by atoms with Gasteiger partial charge >= 0.3 is 0 Å². The summed E-state index contributed by atoms with van der Waals surface area (Å²) < 4.78 is 0. The van der Waals surface area contributed by atoms with Crippen LogP contribution in [0.3, 0.4) is 0 Å². The minimum Gasteiger partial charge on any atom is -0.391 e. The van der Waals surface area contributed by atoms with Crippen LogP contribution in [0.2, 0.25) is 0 Å². The Kier molecular flexibility index (Phi) is 4.56. The van der Waals surface area contributed by atoms with Gasteiger partial charge in [0.05, 0.1) is 12.7 Å². The molecule has 0 aliphatic carbocycles. The minimum atomic E-state index is -0.638. The fraction of sp³-hybridized carbons (Fsp3) is 0.167. The van der Waals surface area contributed by atoms with E-state index in [1.165, 1.54) is 0 Å². The molecular weight excluding hydrogens is 246 g/mol. The number of aliphatic hydroxyl groups excluding tert-OH is 1. The quantitative estimate of drug-likeness (QED) is 0.658. The van der Waals surface area contributed by atoms with Crippen molar-refractivity contribution in [3.8, 4) is 12.3 Å². The summed E-state index contributed by atoms with van der Waals surface area (Å²) in [7, 11) is 0. The van der Waals surface area contributed by atoms with Crippen molar-refractivity contribution >= 4 is 5.69 Å². The van der Waals surface area contributed by atoms with Gasteiger partial charge in [0.2, 0.25) is 0 Å². The second-order valence-electron chi connectivity index (χ2n) is 4.57. The monoisotopic (exact) mass is 261 g/mol. The first kappa shape index (κ1) is 13.9. The average Bonchev–Trinajstić information content (AvgIpc) is 2.50. The molecule has 2 aromatic carbocycles. The Hall–Kier alpha value is -2.55. The summed E-state index contributed by atoms with van der Waals surface area (Å²) in [4.78, 5) is 3.38. The van der Waals surface area contributed by atoms with E-state index in [0.717, 1.165) is 11.1 Å². The van der Waals surface area contributed by atoms with Crippen molar-refractivity contribution in [2.45, 2.75) is 18.4 Å². The molecule has 98 valence electrons. The maximum atomic E-state index is 10.3. The third-order valence-electron chi connectivity index (χ3n) is 3.25. The zero-order chi connectivity index (χ0) is 14.4. The fourth-order valence-corrected chi connectivity index (χ4v) is 2.29. The Morgan fingerprint density at radius 2 is 1.65 bits per heavy atom. The van der Waals surface area contributed by atoms with Gasteiger partial charge in [0.1, 0.15) is 0 Å². The van der Waals surface area contributed by atoms with Crippen LogP contribution in [-0.4, -0.2) is 11.2 Å². The van der Waals surface area contributed by atoms with Gasteiger partial charge in [-0.2, -0.15) is 0 Å². The van der Waals surface area contributed by atoms with E-state index < -0.39 is 6.10 Å². The van der Waals surface area contributed by atoms with E-state index >= 15 is 0 Å². The van der Waals surface area contributed by atoms with E-state index in [1.54, 1.807) is 12.1 Å². The van der Waals surface area contributed by atoms with Gasteiger partial charge in [0.15, 0.2) is 5.69 Å². The van der Waals surface area contributed by atoms with Gasteiger partial charge in [-0.25, -0.2) is 4.85 Å². The number of benzene rings is 2. The molecule has 0 aliphatic heterocycles. The lowest BCUT2D eigenvalue weighted by molar-refractivity contribution is 0.162. The summed E-state index contributed by atoms with van der Waals surface area (Å²) in [6, 6.07) is 17.1. The summed E-state index contributed by atoms with van der Waals surface area (Å²) in [6.07, 6.45) is 4.98. The zero-order valence-electron chi connectivity index (χ0n) is 11.0. The molecular formula is C18H15NO.